The number of benzene rings is 3. The zero-order chi connectivity index (χ0) is 24.5. The number of aliphatic hydroxyl groups is 2. The van der Waals surface area contributed by atoms with Crippen LogP contribution in [0.4, 0.5) is 10.5 Å². The molecule has 1 aromatic heterocycles. The number of ether oxygens (including phenoxy) is 1. The Bertz CT molecular complexity index is 1370. The molecule has 0 aliphatic heterocycles. The first-order valence-corrected chi connectivity index (χ1v) is 11.0. The van der Waals surface area contributed by atoms with Gasteiger partial charge >= 0.3 is 6.09 Å². The van der Waals surface area contributed by atoms with Gasteiger partial charge in [0.15, 0.2) is 0 Å². The number of aromatic nitrogens is 2. The molecule has 35 heavy (non-hydrogen) atoms. The van der Waals surface area contributed by atoms with Crippen LogP contribution in [0.2, 0.25) is 0 Å². The van der Waals surface area contributed by atoms with E-state index in [9.17, 15) is 25.1 Å². The van der Waals surface area contributed by atoms with Crippen LogP contribution in [0.1, 0.15) is 28.7 Å². The first kappa shape index (κ1) is 22.5. The zero-order valence-electron chi connectivity index (χ0n) is 18.4. The Balaban J connectivity index is 1.21. The fourth-order valence-corrected chi connectivity index (χ4v) is 4.55. The lowest BCUT2D eigenvalue weighted by atomic mass is 9.98. The van der Waals surface area contributed by atoms with E-state index in [0.29, 0.717) is 5.52 Å². The van der Waals surface area contributed by atoms with E-state index in [1.54, 1.807) is 0 Å². The minimum atomic E-state index is -1.48. The van der Waals surface area contributed by atoms with E-state index in [1.807, 2.05) is 48.5 Å². The van der Waals surface area contributed by atoms with Gasteiger partial charge in [0.2, 0.25) is 0 Å². The van der Waals surface area contributed by atoms with Gasteiger partial charge in [-0.2, -0.15) is 5.10 Å². The van der Waals surface area contributed by atoms with Crippen molar-refractivity contribution < 1.29 is 24.7 Å². The van der Waals surface area contributed by atoms with Crippen LogP contribution >= 0.6 is 0 Å². The maximum Gasteiger partial charge on any atom is 0.407 e. The van der Waals surface area contributed by atoms with E-state index in [4.69, 9.17) is 4.74 Å². The van der Waals surface area contributed by atoms with Gasteiger partial charge in [-0.3, -0.25) is 15.2 Å². The third-order valence-electron chi connectivity index (χ3n) is 6.26. The molecule has 178 valence electrons. The third-order valence-corrected chi connectivity index (χ3v) is 6.26. The number of nitro groups is 1. The van der Waals surface area contributed by atoms with E-state index in [-0.39, 0.29) is 35.7 Å². The molecule has 4 aromatic rings. The van der Waals surface area contributed by atoms with Gasteiger partial charge in [0.05, 0.1) is 22.0 Å². The second kappa shape index (κ2) is 9.16. The molecule has 1 amide bonds. The maximum absolute atomic E-state index is 12.3. The smallest absolute Gasteiger partial charge is 0.407 e. The van der Waals surface area contributed by atoms with Crippen molar-refractivity contribution in [3.05, 3.63) is 93.7 Å². The van der Waals surface area contributed by atoms with Crippen LogP contribution in [0, 0.1) is 10.1 Å². The second-order valence-electron chi connectivity index (χ2n) is 8.35. The molecular weight excluding hydrogens is 452 g/mol. The number of aliphatic hydroxyl groups excluding tert-OH is 2. The molecule has 0 saturated carbocycles. The van der Waals surface area contributed by atoms with Crippen LogP contribution in [-0.4, -0.2) is 50.7 Å². The Labute approximate surface area is 199 Å². The number of hydrogen-bond acceptors (Lipinski definition) is 7. The maximum atomic E-state index is 12.3. The number of fused-ring (bicyclic) bond motifs is 4. The van der Waals surface area contributed by atoms with Gasteiger partial charge in [-0.15, -0.1) is 0 Å². The summed E-state index contributed by atoms with van der Waals surface area (Å²) in [5.41, 5.74) is 4.60. The highest BCUT2D eigenvalue weighted by molar-refractivity contribution is 5.88. The number of amides is 1. The summed E-state index contributed by atoms with van der Waals surface area (Å²) in [7, 11) is 0. The van der Waals surface area contributed by atoms with Crippen LogP contribution in [0.3, 0.4) is 0 Å². The van der Waals surface area contributed by atoms with Crippen molar-refractivity contribution in [3.8, 4) is 11.1 Å². The van der Waals surface area contributed by atoms with Crippen molar-refractivity contribution in [1.29, 1.82) is 0 Å². The average molecular weight is 474 g/mol. The third kappa shape index (κ3) is 4.20. The monoisotopic (exact) mass is 474 g/mol. The molecule has 0 radical (unpaired) electrons. The van der Waals surface area contributed by atoms with Gasteiger partial charge in [-0.1, -0.05) is 48.5 Å². The van der Waals surface area contributed by atoms with E-state index in [1.165, 1.54) is 18.3 Å². The summed E-state index contributed by atoms with van der Waals surface area (Å²) in [6.45, 7) is -0.201. The summed E-state index contributed by atoms with van der Waals surface area (Å²) in [6.07, 6.45) is -2.32. The zero-order valence-corrected chi connectivity index (χ0v) is 18.4. The van der Waals surface area contributed by atoms with E-state index < -0.39 is 23.2 Å². The number of carbonyl (C=O) groups is 1. The Hall–Kier alpha value is -4.28. The van der Waals surface area contributed by atoms with Crippen LogP contribution in [0.5, 0.6) is 0 Å². The fourth-order valence-electron chi connectivity index (χ4n) is 4.55. The lowest BCUT2D eigenvalue weighted by Crippen LogP contribution is -2.36. The Morgan fingerprint density at radius 2 is 1.77 bits per heavy atom. The molecule has 1 heterocycles. The average Bonchev–Trinajstić information content (AvgIpc) is 3.47. The molecule has 0 bridgehead atoms. The second-order valence-corrected chi connectivity index (χ2v) is 8.35. The van der Waals surface area contributed by atoms with Crippen molar-refractivity contribution >= 4 is 22.7 Å². The molecule has 3 aromatic carbocycles. The lowest BCUT2D eigenvalue weighted by Gasteiger charge is -2.19. The molecule has 1 aliphatic rings. The summed E-state index contributed by atoms with van der Waals surface area (Å²) >= 11 is 0. The van der Waals surface area contributed by atoms with E-state index >= 15 is 0 Å². The van der Waals surface area contributed by atoms with Gasteiger partial charge in [0, 0.05) is 18.5 Å². The van der Waals surface area contributed by atoms with Crippen LogP contribution in [0.25, 0.3) is 22.0 Å². The van der Waals surface area contributed by atoms with Crippen molar-refractivity contribution in [1.82, 2.24) is 15.5 Å². The number of nitro benzene ring substituents is 1. The molecule has 5 rings (SSSR count). The number of hydrogen-bond donors (Lipinski definition) is 4. The first-order chi connectivity index (χ1) is 16.9. The van der Waals surface area contributed by atoms with Crippen molar-refractivity contribution in [2.24, 2.45) is 0 Å². The van der Waals surface area contributed by atoms with Crippen molar-refractivity contribution in [3.63, 3.8) is 0 Å². The summed E-state index contributed by atoms with van der Waals surface area (Å²) in [6, 6.07) is 18.6. The highest BCUT2D eigenvalue weighted by atomic mass is 16.6. The summed E-state index contributed by atoms with van der Waals surface area (Å²) in [5.74, 6) is -0.106. The highest BCUT2D eigenvalue weighted by Crippen LogP contribution is 2.44. The number of rotatable bonds is 7. The number of alkyl carbamates (subject to hydrolysis) is 1. The molecule has 10 heteroatoms. The Kier molecular flexibility index (Phi) is 5.89. The molecule has 0 fully saturated rings. The van der Waals surface area contributed by atoms with Crippen LogP contribution < -0.4 is 5.32 Å². The Morgan fingerprint density at radius 1 is 1.11 bits per heavy atom. The molecule has 2 atom stereocenters. The highest BCUT2D eigenvalue weighted by Gasteiger charge is 2.29. The van der Waals surface area contributed by atoms with Gasteiger partial charge in [-0.25, -0.2) is 4.79 Å². The predicted octanol–water partition coefficient (Wildman–Crippen LogP) is 3.40. The van der Waals surface area contributed by atoms with Gasteiger partial charge in [0.25, 0.3) is 5.69 Å². The van der Waals surface area contributed by atoms with Gasteiger partial charge in [-0.05, 0) is 33.9 Å². The predicted molar refractivity (Wildman–Crippen MR) is 127 cm³/mol. The molecule has 10 nitrogen and oxygen atoms in total. The quantitative estimate of drug-likeness (QED) is 0.237. The van der Waals surface area contributed by atoms with Gasteiger partial charge in [0.1, 0.15) is 18.8 Å². The number of nitrogens with zero attached hydrogens (tertiary/aromatic N) is 2. The Morgan fingerprint density at radius 3 is 2.43 bits per heavy atom. The molecule has 0 spiro atoms. The van der Waals surface area contributed by atoms with Crippen molar-refractivity contribution in [2.75, 3.05) is 13.2 Å². The number of non-ortho nitro benzene ring substituents is 1. The first-order valence-electron chi connectivity index (χ1n) is 11.0. The molecule has 2 unspecified atom stereocenters. The number of H-pyrrole nitrogens is 1. The molecular formula is C25H22N4O6. The summed E-state index contributed by atoms with van der Waals surface area (Å²) < 4.78 is 5.43. The van der Waals surface area contributed by atoms with E-state index in [2.05, 4.69) is 15.5 Å². The largest absolute Gasteiger partial charge is 0.449 e. The number of carbonyl (C=O) groups excluding carboxylic acids is 1. The molecule has 0 saturated heterocycles. The molecule has 4 N–H and O–H groups in total. The minimum absolute atomic E-state index is 0.106. The van der Waals surface area contributed by atoms with Crippen LogP contribution in [-0.2, 0) is 4.74 Å². The van der Waals surface area contributed by atoms with Gasteiger partial charge < -0.3 is 20.3 Å². The normalized spacial score (nSPS) is 14.2. The van der Waals surface area contributed by atoms with Crippen LogP contribution in [0.15, 0.2) is 66.9 Å². The molecule has 1 aliphatic carbocycles. The summed E-state index contributed by atoms with van der Waals surface area (Å²) in [4.78, 5) is 23.1. The number of nitrogens with one attached hydrogen (secondary N) is 2. The standard InChI is InChI=1S/C25H22N4O6/c30-23(24(31)14-9-21-19(11-27-28-21)22(10-14)29(33)34)12-26-25(32)35-13-20-17-7-3-1-5-15(17)16-6-2-4-8-18(16)20/h1-11,20,23-24,30-31H,12-13H2,(H,26,32)(H,27,28). The minimum Gasteiger partial charge on any atom is -0.449 e. The fraction of sp³-hybridized carbons (Fsp3) is 0.200. The summed E-state index contributed by atoms with van der Waals surface area (Å²) in [5, 5.41) is 41.4. The topological polar surface area (TPSA) is 151 Å². The lowest BCUT2D eigenvalue weighted by molar-refractivity contribution is -0.383. The SMILES string of the molecule is O=C(NCC(O)C(O)c1cc([N+](=O)[O-])c2cn[nH]c2c1)OCC1c2ccccc2-c2ccccc21. The number of aromatic amines is 1. The van der Waals surface area contributed by atoms with E-state index in [0.717, 1.165) is 22.3 Å². The van der Waals surface area contributed by atoms with Crippen molar-refractivity contribution in [2.45, 2.75) is 18.1 Å².